The van der Waals surface area contributed by atoms with Gasteiger partial charge in [-0.2, -0.15) is 11.3 Å². The van der Waals surface area contributed by atoms with Gasteiger partial charge in [0, 0.05) is 13.1 Å². The molecule has 2 aliphatic rings. The van der Waals surface area contributed by atoms with Gasteiger partial charge in [0.25, 0.3) is 0 Å². The number of hydrogen-bond donors (Lipinski definition) is 1. The van der Waals surface area contributed by atoms with Crippen LogP contribution in [0.2, 0.25) is 0 Å². The number of hydrogen-bond acceptors (Lipinski definition) is 4. The Labute approximate surface area is 113 Å². The lowest BCUT2D eigenvalue weighted by Gasteiger charge is -2.47. The van der Waals surface area contributed by atoms with Gasteiger partial charge in [0.2, 0.25) is 0 Å². The van der Waals surface area contributed by atoms with Crippen molar-refractivity contribution in [3.63, 3.8) is 0 Å². The topological polar surface area (TPSA) is 46.2 Å². The van der Waals surface area contributed by atoms with Gasteiger partial charge in [-0.25, -0.2) is 8.42 Å². The zero-order chi connectivity index (χ0) is 12.6. The monoisotopic (exact) mass is 285 g/mol. The molecule has 0 aliphatic carbocycles. The predicted octanol–water partition coefficient (Wildman–Crippen LogP) is 1.71. The highest BCUT2D eigenvalue weighted by Gasteiger charge is 2.47. The molecule has 2 saturated heterocycles. The van der Waals surface area contributed by atoms with Crippen molar-refractivity contribution in [1.82, 2.24) is 5.32 Å². The molecule has 1 aromatic rings. The lowest BCUT2D eigenvalue weighted by Crippen LogP contribution is -2.58. The third-order valence-corrected chi connectivity index (χ3v) is 7.04. The normalized spacial score (nSPS) is 29.0. The molecule has 3 rings (SSSR count). The molecule has 3 heterocycles. The first-order chi connectivity index (χ1) is 8.60. The van der Waals surface area contributed by atoms with Crippen molar-refractivity contribution in [2.75, 3.05) is 24.6 Å². The average Bonchev–Trinajstić information content (AvgIpc) is 2.87. The van der Waals surface area contributed by atoms with E-state index in [9.17, 15) is 8.42 Å². The quantitative estimate of drug-likeness (QED) is 0.916. The van der Waals surface area contributed by atoms with Crippen molar-refractivity contribution in [2.45, 2.75) is 19.3 Å². The van der Waals surface area contributed by atoms with Crippen LogP contribution in [-0.4, -0.2) is 33.0 Å². The fourth-order valence-corrected chi connectivity index (χ4v) is 5.87. The molecule has 1 N–H and O–H groups in total. The Kier molecular flexibility index (Phi) is 3.24. The smallest absolute Gasteiger partial charge is 0.150 e. The van der Waals surface area contributed by atoms with E-state index in [1.54, 1.807) is 11.3 Å². The van der Waals surface area contributed by atoms with E-state index in [-0.39, 0.29) is 5.41 Å². The molecule has 2 aliphatic heterocycles. The first-order valence-electron chi connectivity index (χ1n) is 6.52. The zero-order valence-corrected chi connectivity index (χ0v) is 12.0. The third kappa shape index (κ3) is 2.36. The lowest BCUT2D eigenvalue weighted by molar-refractivity contribution is 0.0812. The van der Waals surface area contributed by atoms with Crippen LogP contribution in [0.3, 0.4) is 0 Å². The summed E-state index contributed by atoms with van der Waals surface area (Å²) in [7, 11) is -2.75. The van der Waals surface area contributed by atoms with Crippen LogP contribution in [0, 0.1) is 11.3 Å². The van der Waals surface area contributed by atoms with Crippen LogP contribution in [0.1, 0.15) is 18.4 Å². The highest BCUT2D eigenvalue weighted by Crippen LogP contribution is 2.42. The summed E-state index contributed by atoms with van der Waals surface area (Å²) in [6.07, 6.45) is 3.08. The van der Waals surface area contributed by atoms with Gasteiger partial charge in [0.1, 0.15) is 0 Å². The minimum Gasteiger partial charge on any atom is -0.316 e. The van der Waals surface area contributed by atoms with Crippen LogP contribution in [-0.2, 0) is 16.3 Å². The molecule has 0 aromatic carbocycles. The van der Waals surface area contributed by atoms with Crippen molar-refractivity contribution in [3.8, 4) is 0 Å². The SMILES string of the molecule is O=S1(=O)CCC(C2(CCc3ccsc3)CNC2)C1. The molecule has 100 valence electrons. The zero-order valence-electron chi connectivity index (χ0n) is 10.4. The van der Waals surface area contributed by atoms with Crippen LogP contribution >= 0.6 is 11.3 Å². The van der Waals surface area contributed by atoms with Gasteiger partial charge >= 0.3 is 0 Å². The van der Waals surface area contributed by atoms with Gasteiger partial charge in [0.15, 0.2) is 9.84 Å². The van der Waals surface area contributed by atoms with Crippen LogP contribution in [0.15, 0.2) is 16.8 Å². The van der Waals surface area contributed by atoms with Gasteiger partial charge in [-0.1, -0.05) is 0 Å². The van der Waals surface area contributed by atoms with Crippen molar-refractivity contribution in [3.05, 3.63) is 22.4 Å². The van der Waals surface area contributed by atoms with E-state index in [1.807, 2.05) is 0 Å². The lowest BCUT2D eigenvalue weighted by atomic mass is 9.67. The molecular formula is C13H19NO2S2. The first kappa shape index (κ1) is 12.6. The summed E-state index contributed by atoms with van der Waals surface area (Å²) < 4.78 is 23.3. The Morgan fingerprint density at radius 2 is 2.28 bits per heavy atom. The Hall–Kier alpha value is -0.390. The van der Waals surface area contributed by atoms with E-state index < -0.39 is 9.84 Å². The van der Waals surface area contributed by atoms with Crippen LogP contribution in [0.25, 0.3) is 0 Å². The molecule has 0 saturated carbocycles. The van der Waals surface area contributed by atoms with Crippen molar-refractivity contribution >= 4 is 21.2 Å². The van der Waals surface area contributed by atoms with E-state index in [2.05, 4.69) is 22.1 Å². The number of thiophene rings is 1. The average molecular weight is 285 g/mol. The third-order valence-electron chi connectivity index (χ3n) is 4.54. The molecule has 3 nitrogen and oxygen atoms in total. The van der Waals surface area contributed by atoms with Gasteiger partial charge in [-0.15, -0.1) is 0 Å². The Bertz CT molecular complexity index is 503. The highest BCUT2D eigenvalue weighted by molar-refractivity contribution is 7.91. The van der Waals surface area contributed by atoms with E-state index in [1.165, 1.54) is 5.56 Å². The fourth-order valence-electron chi connectivity index (χ4n) is 3.22. The molecule has 1 unspecified atom stereocenters. The summed E-state index contributed by atoms with van der Waals surface area (Å²) >= 11 is 1.74. The van der Waals surface area contributed by atoms with Crippen molar-refractivity contribution in [1.29, 1.82) is 0 Å². The minimum absolute atomic E-state index is 0.242. The van der Waals surface area contributed by atoms with Crippen molar-refractivity contribution in [2.24, 2.45) is 11.3 Å². The number of nitrogens with one attached hydrogen (secondary N) is 1. The summed E-state index contributed by atoms with van der Waals surface area (Å²) in [5, 5.41) is 7.66. The standard InChI is InChI=1S/C13H19NO2S2/c15-18(16)6-3-12(8-18)13(9-14-10-13)4-1-11-2-5-17-7-11/h2,5,7,12,14H,1,3-4,6,8-10H2. The molecule has 0 radical (unpaired) electrons. The molecule has 5 heteroatoms. The van der Waals surface area contributed by atoms with E-state index >= 15 is 0 Å². The molecule has 0 bridgehead atoms. The van der Waals surface area contributed by atoms with Crippen LogP contribution < -0.4 is 5.32 Å². The predicted molar refractivity (Wildman–Crippen MR) is 74.7 cm³/mol. The fraction of sp³-hybridized carbons (Fsp3) is 0.692. The van der Waals surface area contributed by atoms with E-state index in [0.717, 1.165) is 32.4 Å². The van der Waals surface area contributed by atoms with E-state index in [4.69, 9.17) is 0 Å². The van der Waals surface area contributed by atoms with E-state index in [0.29, 0.717) is 17.4 Å². The second-order valence-electron chi connectivity index (χ2n) is 5.70. The summed E-state index contributed by atoms with van der Waals surface area (Å²) in [6, 6.07) is 2.18. The molecule has 18 heavy (non-hydrogen) atoms. The Morgan fingerprint density at radius 1 is 1.44 bits per heavy atom. The largest absolute Gasteiger partial charge is 0.316 e. The Morgan fingerprint density at radius 3 is 2.78 bits per heavy atom. The second kappa shape index (κ2) is 4.62. The van der Waals surface area contributed by atoms with Gasteiger partial charge in [0.05, 0.1) is 11.5 Å². The molecule has 2 fully saturated rings. The van der Waals surface area contributed by atoms with Gasteiger partial charge in [-0.05, 0) is 53.0 Å². The number of rotatable bonds is 4. The highest BCUT2D eigenvalue weighted by atomic mass is 32.2. The maximum absolute atomic E-state index is 11.6. The molecule has 0 spiro atoms. The number of sulfone groups is 1. The number of aryl methyl sites for hydroxylation is 1. The summed E-state index contributed by atoms with van der Waals surface area (Å²) in [6.45, 7) is 1.99. The molecule has 0 amide bonds. The minimum atomic E-state index is -2.75. The van der Waals surface area contributed by atoms with Crippen LogP contribution in [0.4, 0.5) is 0 Å². The summed E-state index contributed by atoms with van der Waals surface area (Å²) in [5.74, 6) is 1.19. The first-order valence-corrected chi connectivity index (χ1v) is 9.28. The molecular weight excluding hydrogens is 266 g/mol. The summed E-state index contributed by atoms with van der Waals surface area (Å²) in [5.41, 5.74) is 1.64. The second-order valence-corrected chi connectivity index (χ2v) is 8.71. The molecule has 1 atom stereocenters. The summed E-state index contributed by atoms with van der Waals surface area (Å²) in [4.78, 5) is 0. The van der Waals surface area contributed by atoms with Crippen LogP contribution in [0.5, 0.6) is 0 Å². The maximum atomic E-state index is 11.6. The Balaban J connectivity index is 1.67. The van der Waals surface area contributed by atoms with Gasteiger partial charge in [-0.3, -0.25) is 0 Å². The maximum Gasteiger partial charge on any atom is 0.150 e. The van der Waals surface area contributed by atoms with Crippen molar-refractivity contribution < 1.29 is 8.42 Å². The van der Waals surface area contributed by atoms with Gasteiger partial charge < -0.3 is 5.32 Å². The molecule has 1 aromatic heterocycles.